The van der Waals surface area contributed by atoms with Gasteiger partial charge in [-0.05, 0) is 40.0 Å². The van der Waals surface area contributed by atoms with Gasteiger partial charge in [0.1, 0.15) is 0 Å². The number of amides is 1. The van der Waals surface area contributed by atoms with Crippen LogP contribution in [0, 0.1) is 0 Å². The van der Waals surface area contributed by atoms with Crippen molar-refractivity contribution >= 4 is 33.4 Å². The summed E-state index contributed by atoms with van der Waals surface area (Å²) in [5, 5.41) is 6.58. The molecule has 94 valence electrons. The summed E-state index contributed by atoms with van der Waals surface area (Å²) in [7, 11) is 0. The van der Waals surface area contributed by atoms with E-state index >= 15 is 0 Å². The van der Waals surface area contributed by atoms with Gasteiger partial charge in [-0.3, -0.25) is 4.79 Å². The first-order valence-corrected chi connectivity index (χ1v) is 6.72. The summed E-state index contributed by atoms with van der Waals surface area (Å²) >= 11 is 9.25. The maximum Gasteiger partial charge on any atom is 0.233 e. The molecule has 0 bridgehead atoms. The monoisotopic (exact) mass is 318 g/mol. The first-order valence-electron chi connectivity index (χ1n) is 5.54. The van der Waals surface area contributed by atoms with Crippen LogP contribution in [0.3, 0.4) is 0 Å². The quantitative estimate of drug-likeness (QED) is 0.846. The molecule has 2 N–H and O–H groups in total. The number of rotatable bonds is 6. The van der Waals surface area contributed by atoms with Crippen LogP contribution in [0.2, 0.25) is 5.02 Å². The van der Waals surface area contributed by atoms with Crippen LogP contribution in [0.5, 0.6) is 0 Å². The Hall–Kier alpha value is -0.580. The Morgan fingerprint density at radius 1 is 1.47 bits per heavy atom. The third-order valence-corrected chi connectivity index (χ3v) is 3.38. The van der Waals surface area contributed by atoms with Crippen molar-refractivity contribution in [2.24, 2.45) is 0 Å². The lowest BCUT2D eigenvalue weighted by atomic mass is 10.2. The van der Waals surface area contributed by atoms with Gasteiger partial charge in [0.05, 0.1) is 11.6 Å². The molecule has 0 fully saturated rings. The summed E-state index contributed by atoms with van der Waals surface area (Å²) < 4.78 is 0.869. The SMILES string of the molecule is CCCNC(=O)CNCc1ccc(Cl)c(Br)c1. The maximum absolute atomic E-state index is 11.3. The second kappa shape index (κ2) is 7.69. The molecule has 0 spiro atoms. The van der Waals surface area contributed by atoms with Crippen molar-refractivity contribution in [3.63, 3.8) is 0 Å². The van der Waals surface area contributed by atoms with Crippen molar-refractivity contribution in [3.8, 4) is 0 Å². The average Bonchev–Trinajstić information content (AvgIpc) is 2.31. The number of hydrogen-bond acceptors (Lipinski definition) is 2. The second-order valence-electron chi connectivity index (χ2n) is 3.70. The van der Waals surface area contributed by atoms with Crippen LogP contribution in [-0.2, 0) is 11.3 Å². The molecule has 0 aliphatic heterocycles. The third-order valence-electron chi connectivity index (χ3n) is 2.17. The molecule has 0 saturated carbocycles. The highest BCUT2D eigenvalue weighted by Gasteiger charge is 2.01. The van der Waals surface area contributed by atoms with Gasteiger partial charge in [0.15, 0.2) is 0 Å². The van der Waals surface area contributed by atoms with Crippen molar-refractivity contribution in [1.82, 2.24) is 10.6 Å². The Morgan fingerprint density at radius 3 is 2.88 bits per heavy atom. The van der Waals surface area contributed by atoms with E-state index in [1.165, 1.54) is 0 Å². The molecule has 0 atom stereocenters. The zero-order chi connectivity index (χ0) is 12.7. The molecule has 0 aliphatic carbocycles. The lowest BCUT2D eigenvalue weighted by Crippen LogP contribution is -2.33. The molecule has 0 aliphatic rings. The predicted molar refractivity (Wildman–Crippen MR) is 74.2 cm³/mol. The molecule has 0 radical (unpaired) electrons. The highest BCUT2D eigenvalue weighted by atomic mass is 79.9. The largest absolute Gasteiger partial charge is 0.355 e. The molecule has 1 rings (SSSR count). The lowest BCUT2D eigenvalue weighted by Gasteiger charge is -2.06. The van der Waals surface area contributed by atoms with E-state index in [1.807, 2.05) is 25.1 Å². The normalized spacial score (nSPS) is 10.3. The van der Waals surface area contributed by atoms with E-state index in [4.69, 9.17) is 11.6 Å². The fraction of sp³-hybridized carbons (Fsp3) is 0.417. The van der Waals surface area contributed by atoms with E-state index in [2.05, 4.69) is 26.6 Å². The zero-order valence-corrected chi connectivity index (χ0v) is 12.1. The van der Waals surface area contributed by atoms with Gasteiger partial charge in [0.25, 0.3) is 0 Å². The van der Waals surface area contributed by atoms with Crippen LogP contribution < -0.4 is 10.6 Å². The van der Waals surface area contributed by atoms with Gasteiger partial charge >= 0.3 is 0 Å². The second-order valence-corrected chi connectivity index (χ2v) is 4.96. The Bertz CT molecular complexity index is 385. The van der Waals surface area contributed by atoms with Gasteiger partial charge in [-0.25, -0.2) is 0 Å². The molecule has 0 heterocycles. The van der Waals surface area contributed by atoms with Crippen molar-refractivity contribution in [1.29, 1.82) is 0 Å². The van der Waals surface area contributed by atoms with Crippen molar-refractivity contribution in [3.05, 3.63) is 33.3 Å². The Labute approximate surface area is 115 Å². The van der Waals surface area contributed by atoms with E-state index < -0.39 is 0 Å². The minimum absolute atomic E-state index is 0.0277. The number of hydrogen-bond donors (Lipinski definition) is 2. The number of carbonyl (C=O) groups excluding carboxylic acids is 1. The molecule has 0 saturated heterocycles. The molecule has 0 aromatic heterocycles. The smallest absolute Gasteiger partial charge is 0.233 e. The highest BCUT2D eigenvalue weighted by Crippen LogP contribution is 2.22. The van der Waals surface area contributed by atoms with Crippen LogP contribution in [0.1, 0.15) is 18.9 Å². The maximum atomic E-state index is 11.3. The van der Waals surface area contributed by atoms with Gasteiger partial charge in [-0.2, -0.15) is 0 Å². The minimum Gasteiger partial charge on any atom is -0.355 e. The number of benzene rings is 1. The van der Waals surface area contributed by atoms with Crippen LogP contribution in [-0.4, -0.2) is 19.0 Å². The number of carbonyl (C=O) groups is 1. The minimum atomic E-state index is 0.0277. The molecule has 3 nitrogen and oxygen atoms in total. The van der Waals surface area contributed by atoms with E-state index in [0.29, 0.717) is 18.1 Å². The van der Waals surface area contributed by atoms with Gasteiger partial charge in [0, 0.05) is 17.6 Å². The Kier molecular flexibility index (Phi) is 6.55. The molecule has 1 aromatic carbocycles. The molecular formula is C12H16BrClN2O. The van der Waals surface area contributed by atoms with Gasteiger partial charge in [-0.15, -0.1) is 0 Å². The Morgan fingerprint density at radius 2 is 2.24 bits per heavy atom. The molecule has 0 unspecified atom stereocenters. The van der Waals surface area contributed by atoms with Gasteiger partial charge in [0.2, 0.25) is 5.91 Å². The molecule has 5 heteroatoms. The highest BCUT2D eigenvalue weighted by molar-refractivity contribution is 9.10. The summed E-state index contributed by atoms with van der Waals surface area (Å²) in [4.78, 5) is 11.3. The van der Waals surface area contributed by atoms with Crippen LogP contribution in [0.25, 0.3) is 0 Å². The van der Waals surface area contributed by atoms with Crippen LogP contribution in [0.15, 0.2) is 22.7 Å². The molecule has 1 amide bonds. The number of halogens is 2. The van der Waals surface area contributed by atoms with E-state index in [1.54, 1.807) is 0 Å². The fourth-order valence-corrected chi connectivity index (χ4v) is 1.84. The summed E-state index contributed by atoms with van der Waals surface area (Å²) in [5.74, 6) is 0.0277. The standard InChI is InChI=1S/C12H16BrClN2O/c1-2-5-16-12(17)8-15-7-9-3-4-11(14)10(13)6-9/h3-4,6,15H,2,5,7-8H2,1H3,(H,16,17). The summed E-state index contributed by atoms with van der Waals surface area (Å²) in [6.45, 7) is 3.74. The van der Waals surface area contributed by atoms with E-state index in [-0.39, 0.29) is 5.91 Å². The van der Waals surface area contributed by atoms with Crippen LogP contribution in [0.4, 0.5) is 0 Å². The van der Waals surface area contributed by atoms with Gasteiger partial charge < -0.3 is 10.6 Å². The third kappa shape index (κ3) is 5.52. The average molecular weight is 320 g/mol. The molecule has 17 heavy (non-hydrogen) atoms. The topological polar surface area (TPSA) is 41.1 Å². The zero-order valence-electron chi connectivity index (χ0n) is 9.72. The van der Waals surface area contributed by atoms with Crippen molar-refractivity contribution < 1.29 is 4.79 Å². The Balaban J connectivity index is 2.30. The summed E-state index contributed by atoms with van der Waals surface area (Å²) in [6.07, 6.45) is 0.954. The first-order chi connectivity index (χ1) is 8.13. The predicted octanol–water partition coefficient (Wildman–Crippen LogP) is 2.72. The molecule has 1 aromatic rings. The summed E-state index contributed by atoms with van der Waals surface area (Å²) in [6, 6.07) is 5.71. The van der Waals surface area contributed by atoms with E-state index in [9.17, 15) is 4.79 Å². The summed E-state index contributed by atoms with van der Waals surface area (Å²) in [5.41, 5.74) is 1.09. The lowest BCUT2D eigenvalue weighted by molar-refractivity contribution is -0.120. The van der Waals surface area contributed by atoms with E-state index in [0.717, 1.165) is 23.0 Å². The van der Waals surface area contributed by atoms with Crippen molar-refractivity contribution in [2.75, 3.05) is 13.1 Å². The number of nitrogens with one attached hydrogen (secondary N) is 2. The molecular weight excluding hydrogens is 304 g/mol. The van der Waals surface area contributed by atoms with Gasteiger partial charge in [-0.1, -0.05) is 24.6 Å². The van der Waals surface area contributed by atoms with Crippen molar-refractivity contribution in [2.45, 2.75) is 19.9 Å². The first kappa shape index (κ1) is 14.5. The fourth-order valence-electron chi connectivity index (χ4n) is 1.30. The van der Waals surface area contributed by atoms with Crippen LogP contribution >= 0.6 is 27.5 Å².